The van der Waals surface area contributed by atoms with Crippen LogP contribution in [0.1, 0.15) is 22.2 Å². The van der Waals surface area contributed by atoms with Gasteiger partial charge in [0, 0.05) is 29.5 Å². The molecule has 0 spiro atoms. The van der Waals surface area contributed by atoms with E-state index in [2.05, 4.69) is 34.5 Å². The molecule has 0 radical (unpaired) electrons. The number of hydrogen-bond acceptors (Lipinski definition) is 5. The van der Waals surface area contributed by atoms with E-state index in [1.54, 1.807) is 16.7 Å². The van der Waals surface area contributed by atoms with Crippen molar-refractivity contribution in [3.63, 3.8) is 0 Å². The quantitative estimate of drug-likeness (QED) is 0.485. The minimum atomic E-state index is -0.217. The van der Waals surface area contributed by atoms with Crippen molar-refractivity contribution in [3.8, 4) is 11.5 Å². The highest BCUT2D eigenvalue weighted by molar-refractivity contribution is 8.00. The third kappa shape index (κ3) is 3.48. The molecule has 0 aliphatic carbocycles. The Hall–Kier alpha value is -2.31. The minimum absolute atomic E-state index is 0.0381. The first kappa shape index (κ1) is 17.1. The second-order valence-corrected chi connectivity index (χ2v) is 7.64. The summed E-state index contributed by atoms with van der Waals surface area (Å²) in [5.41, 5.74) is 2.03. The molecule has 132 valence electrons. The van der Waals surface area contributed by atoms with Crippen molar-refractivity contribution < 1.29 is 9.21 Å². The van der Waals surface area contributed by atoms with Crippen LogP contribution in [-0.2, 0) is 0 Å². The Bertz CT molecular complexity index is 893. The van der Waals surface area contributed by atoms with Crippen LogP contribution in [0.5, 0.6) is 0 Å². The third-order valence-electron chi connectivity index (χ3n) is 4.37. The Kier molecular flexibility index (Phi) is 4.95. The van der Waals surface area contributed by atoms with Gasteiger partial charge in [0.05, 0.1) is 5.21 Å². The number of alkyl halides is 1. The molecule has 1 aliphatic heterocycles. The van der Waals surface area contributed by atoms with Gasteiger partial charge in [0.15, 0.2) is 0 Å². The molecule has 5 nitrogen and oxygen atoms in total. The van der Waals surface area contributed by atoms with Gasteiger partial charge >= 0.3 is 11.8 Å². The SMILES string of the molecule is O=C(c1nnc(-c2ccccc2)o1)N1CC(c2ccc(SCCl)cc2)C1. The zero-order chi connectivity index (χ0) is 17.9. The number of aromatic nitrogens is 2. The van der Waals surface area contributed by atoms with E-state index in [1.165, 1.54) is 5.56 Å². The summed E-state index contributed by atoms with van der Waals surface area (Å²) in [6, 6.07) is 17.8. The van der Waals surface area contributed by atoms with Crippen LogP contribution in [0.4, 0.5) is 0 Å². The molecule has 2 aromatic carbocycles. The number of likely N-dealkylation sites (tertiary alicyclic amines) is 1. The van der Waals surface area contributed by atoms with Gasteiger partial charge in [-0.15, -0.1) is 33.6 Å². The molecule has 0 atom stereocenters. The molecule has 1 fully saturated rings. The fourth-order valence-corrected chi connectivity index (χ4v) is 3.73. The average Bonchev–Trinajstić information content (AvgIpc) is 3.13. The van der Waals surface area contributed by atoms with Gasteiger partial charge < -0.3 is 9.32 Å². The van der Waals surface area contributed by atoms with Crippen molar-refractivity contribution in [1.82, 2.24) is 15.1 Å². The van der Waals surface area contributed by atoms with Gasteiger partial charge in [-0.2, -0.15) is 0 Å². The van der Waals surface area contributed by atoms with Crippen LogP contribution in [-0.4, -0.2) is 39.3 Å². The normalized spacial score (nSPS) is 14.3. The second-order valence-electron chi connectivity index (χ2n) is 6.01. The number of halogens is 1. The summed E-state index contributed by atoms with van der Waals surface area (Å²) in [7, 11) is 0. The van der Waals surface area contributed by atoms with E-state index in [9.17, 15) is 4.79 Å². The molecule has 1 aromatic heterocycles. The Morgan fingerprint density at radius 1 is 1.12 bits per heavy atom. The molecule has 26 heavy (non-hydrogen) atoms. The maximum Gasteiger partial charge on any atom is 0.311 e. The van der Waals surface area contributed by atoms with Gasteiger partial charge in [0.1, 0.15) is 0 Å². The first-order valence-electron chi connectivity index (χ1n) is 8.21. The van der Waals surface area contributed by atoms with E-state index in [0.29, 0.717) is 30.1 Å². The zero-order valence-corrected chi connectivity index (χ0v) is 15.4. The first-order valence-corrected chi connectivity index (χ1v) is 9.73. The molecular weight excluding hydrogens is 370 g/mol. The second kappa shape index (κ2) is 7.51. The topological polar surface area (TPSA) is 59.2 Å². The number of benzene rings is 2. The number of rotatable bonds is 5. The standard InChI is InChI=1S/C19H16ClN3O2S/c20-12-26-16-8-6-13(7-9-16)15-10-23(11-15)19(24)18-22-21-17(25-18)14-4-2-1-3-5-14/h1-9,15H,10-12H2. The van der Waals surface area contributed by atoms with Crippen molar-refractivity contribution in [1.29, 1.82) is 0 Å². The fraction of sp³-hybridized carbons (Fsp3) is 0.211. The van der Waals surface area contributed by atoms with Crippen molar-refractivity contribution in [3.05, 3.63) is 66.1 Å². The van der Waals surface area contributed by atoms with Gasteiger partial charge in [0.25, 0.3) is 0 Å². The zero-order valence-electron chi connectivity index (χ0n) is 13.8. The fourth-order valence-electron chi connectivity index (χ4n) is 2.90. The van der Waals surface area contributed by atoms with Crippen LogP contribution in [0.25, 0.3) is 11.5 Å². The van der Waals surface area contributed by atoms with Crippen LogP contribution in [0.3, 0.4) is 0 Å². The molecule has 3 aromatic rings. The Morgan fingerprint density at radius 3 is 2.54 bits per heavy atom. The molecule has 0 bridgehead atoms. The van der Waals surface area contributed by atoms with Crippen LogP contribution >= 0.6 is 23.4 Å². The van der Waals surface area contributed by atoms with E-state index in [1.807, 2.05) is 30.3 Å². The first-order chi connectivity index (χ1) is 12.7. The summed E-state index contributed by atoms with van der Waals surface area (Å²) < 4.78 is 5.54. The molecule has 7 heteroatoms. The molecule has 1 aliphatic rings. The number of carbonyl (C=O) groups is 1. The maximum absolute atomic E-state index is 12.5. The lowest BCUT2D eigenvalue weighted by Gasteiger charge is -2.38. The van der Waals surface area contributed by atoms with Crippen molar-refractivity contribution >= 4 is 29.3 Å². The Labute approximate surface area is 160 Å². The van der Waals surface area contributed by atoms with Gasteiger partial charge in [0.2, 0.25) is 5.89 Å². The summed E-state index contributed by atoms with van der Waals surface area (Å²) in [5, 5.41) is 8.42. The van der Waals surface area contributed by atoms with E-state index in [4.69, 9.17) is 16.0 Å². The van der Waals surface area contributed by atoms with E-state index in [0.717, 1.165) is 10.5 Å². The predicted octanol–water partition coefficient (Wildman–Crippen LogP) is 4.26. The van der Waals surface area contributed by atoms with Crippen molar-refractivity contribution in [2.75, 3.05) is 18.3 Å². The average molecular weight is 386 g/mol. The summed E-state index contributed by atoms with van der Waals surface area (Å²) >= 11 is 7.33. The van der Waals surface area contributed by atoms with Gasteiger partial charge in [-0.1, -0.05) is 30.3 Å². The lowest BCUT2D eigenvalue weighted by molar-refractivity contribution is 0.0562. The van der Waals surface area contributed by atoms with Crippen LogP contribution in [0.15, 0.2) is 63.9 Å². The minimum Gasteiger partial charge on any atom is -0.412 e. The van der Waals surface area contributed by atoms with Crippen molar-refractivity contribution in [2.45, 2.75) is 10.8 Å². The predicted molar refractivity (Wildman–Crippen MR) is 101 cm³/mol. The molecule has 1 amide bonds. The van der Waals surface area contributed by atoms with E-state index in [-0.39, 0.29) is 11.8 Å². The lowest BCUT2D eigenvalue weighted by atomic mass is 9.91. The summed E-state index contributed by atoms with van der Waals surface area (Å²) in [6.07, 6.45) is 0. The Morgan fingerprint density at radius 2 is 1.85 bits per heavy atom. The molecule has 2 heterocycles. The molecule has 0 saturated carbocycles. The maximum atomic E-state index is 12.5. The third-order valence-corrected chi connectivity index (χ3v) is 5.41. The van der Waals surface area contributed by atoms with Crippen LogP contribution < -0.4 is 0 Å². The highest BCUT2D eigenvalue weighted by Crippen LogP contribution is 2.30. The molecular formula is C19H16ClN3O2S. The Balaban J connectivity index is 1.38. The van der Waals surface area contributed by atoms with Crippen LogP contribution in [0.2, 0.25) is 0 Å². The molecule has 1 saturated heterocycles. The largest absolute Gasteiger partial charge is 0.412 e. The number of amides is 1. The van der Waals surface area contributed by atoms with Crippen molar-refractivity contribution in [2.24, 2.45) is 0 Å². The highest BCUT2D eigenvalue weighted by atomic mass is 35.5. The molecule has 0 N–H and O–H groups in total. The monoisotopic (exact) mass is 385 g/mol. The lowest BCUT2D eigenvalue weighted by Crippen LogP contribution is -2.48. The smallest absolute Gasteiger partial charge is 0.311 e. The van der Waals surface area contributed by atoms with Crippen LogP contribution in [0, 0.1) is 0 Å². The summed E-state index contributed by atoms with van der Waals surface area (Å²) in [6.45, 7) is 1.31. The molecule has 0 unspecified atom stereocenters. The number of carbonyl (C=O) groups excluding carboxylic acids is 1. The number of hydrogen-bond donors (Lipinski definition) is 0. The summed E-state index contributed by atoms with van der Waals surface area (Å²) in [5.74, 6) is 0.519. The highest BCUT2D eigenvalue weighted by Gasteiger charge is 2.34. The number of thioether (sulfide) groups is 1. The van der Waals surface area contributed by atoms with E-state index < -0.39 is 0 Å². The van der Waals surface area contributed by atoms with Gasteiger partial charge in [-0.05, 0) is 29.8 Å². The van der Waals surface area contributed by atoms with Gasteiger partial charge in [-0.25, -0.2) is 0 Å². The molecule has 4 rings (SSSR count). The van der Waals surface area contributed by atoms with E-state index >= 15 is 0 Å². The number of nitrogens with zero attached hydrogens (tertiary/aromatic N) is 3. The summed E-state index contributed by atoms with van der Waals surface area (Å²) in [4.78, 5) is 15.4. The van der Waals surface area contributed by atoms with Gasteiger partial charge in [-0.3, -0.25) is 4.79 Å².